The molecule has 26 heavy (non-hydrogen) atoms. The first-order chi connectivity index (χ1) is 12.5. The molecule has 1 amide bonds. The Kier molecular flexibility index (Phi) is 7.02. The van der Waals surface area contributed by atoms with Crippen molar-refractivity contribution < 1.29 is 23.8 Å². The predicted molar refractivity (Wildman–Crippen MR) is 98.6 cm³/mol. The highest BCUT2D eigenvalue weighted by atomic mass is 16.6. The van der Waals surface area contributed by atoms with Gasteiger partial charge in [-0.2, -0.15) is 0 Å². The fourth-order valence-corrected chi connectivity index (χ4v) is 2.36. The van der Waals surface area contributed by atoms with Crippen LogP contribution >= 0.6 is 0 Å². The number of para-hydroxylation sites is 3. The van der Waals surface area contributed by atoms with Crippen LogP contribution in [0.3, 0.4) is 0 Å². The van der Waals surface area contributed by atoms with Crippen LogP contribution in [0.5, 0.6) is 11.5 Å². The van der Waals surface area contributed by atoms with Crippen LogP contribution in [0.1, 0.15) is 25.3 Å². The average molecular weight is 357 g/mol. The zero-order valence-corrected chi connectivity index (χ0v) is 15.2. The number of carbonyl (C=O) groups is 2. The van der Waals surface area contributed by atoms with Gasteiger partial charge in [0.05, 0.1) is 7.11 Å². The van der Waals surface area contributed by atoms with Gasteiger partial charge in [-0.1, -0.05) is 44.2 Å². The summed E-state index contributed by atoms with van der Waals surface area (Å²) in [5.41, 5.74) is 1.74. The maximum atomic E-state index is 12.0. The van der Waals surface area contributed by atoms with E-state index in [2.05, 4.69) is 5.32 Å². The summed E-state index contributed by atoms with van der Waals surface area (Å²) >= 11 is 0. The number of amides is 1. The number of esters is 1. The van der Waals surface area contributed by atoms with Gasteiger partial charge in [0.15, 0.2) is 24.7 Å². The second-order valence-corrected chi connectivity index (χ2v) is 5.89. The molecule has 0 fully saturated rings. The second-order valence-electron chi connectivity index (χ2n) is 5.89. The van der Waals surface area contributed by atoms with Gasteiger partial charge >= 0.3 is 5.97 Å². The molecule has 0 saturated carbocycles. The average Bonchev–Trinajstić information content (AvgIpc) is 2.65. The Labute approximate surface area is 153 Å². The van der Waals surface area contributed by atoms with Crippen molar-refractivity contribution in [1.82, 2.24) is 0 Å². The molecule has 138 valence electrons. The summed E-state index contributed by atoms with van der Waals surface area (Å²) in [6.07, 6.45) is 0. The quantitative estimate of drug-likeness (QED) is 0.733. The molecule has 0 unspecified atom stereocenters. The molecule has 0 atom stereocenters. The fraction of sp³-hybridized carbons (Fsp3) is 0.300. The maximum absolute atomic E-state index is 12.0. The van der Waals surface area contributed by atoms with E-state index in [0.29, 0.717) is 17.2 Å². The van der Waals surface area contributed by atoms with Crippen LogP contribution in [-0.2, 0) is 14.3 Å². The van der Waals surface area contributed by atoms with Crippen LogP contribution in [0.25, 0.3) is 0 Å². The molecule has 0 bridgehead atoms. The maximum Gasteiger partial charge on any atom is 0.344 e. The van der Waals surface area contributed by atoms with E-state index in [-0.39, 0.29) is 19.1 Å². The van der Waals surface area contributed by atoms with E-state index >= 15 is 0 Å². The molecule has 0 heterocycles. The van der Waals surface area contributed by atoms with Crippen molar-refractivity contribution in [2.75, 3.05) is 25.6 Å². The topological polar surface area (TPSA) is 73.9 Å². The molecule has 2 rings (SSSR count). The number of hydrogen-bond acceptors (Lipinski definition) is 5. The Morgan fingerprint density at radius 3 is 2.31 bits per heavy atom. The zero-order valence-electron chi connectivity index (χ0n) is 15.2. The van der Waals surface area contributed by atoms with Crippen LogP contribution < -0.4 is 14.8 Å². The first-order valence-electron chi connectivity index (χ1n) is 8.31. The Morgan fingerprint density at radius 1 is 0.962 bits per heavy atom. The summed E-state index contributed by atoms with van der Waals surface area (Å²) in [5, 5.41) is 2.76. The molecule has 0 saturated heterocycles. The lowest BCUT2D eigenvalue weighted by Crippen LogP contribution is -2.24. The fourth-order valence-electron chi connectivity index (χ4n) is 2.36. The first kappa shape index (κ1) is 19.3. The van der Waals surface area contributed by atoms with Gasteiger partial charge in [-0.25, -0.2) is 4.79 Å². The molecule has 0 spiro atoms. The summed E-state index contributed by atoms with van der Waals surface area (Å²) in [5.74, 6) is 0.181. The van der Waals surface area contributed by atoms with Crippen LogP contribution in [0.2, 0.25) is 0 Å². The number of anilines is 1. The molecule has 0 aliphatic rings. The highest BCUT2D eigenvalue weighted by Gasteiger charge is 2.12. The van der Waals surface area contributed by atoms with Crippen molar-refractivity contribution >= 4 is 17.6 Å². The van der Waals surface area contributed by atoms with E-state index in [0.717, 1.165) is 5.56 Å². The van der Waals surface area contributed by atoms with Gasteiger partial charge in [-0.05, 0) is 29.7 Å². The van der Waals surface area contributed by atoms with Crippen LogP contribution in [-0.4, -0.2) is 32.2 Å². The number of carbonyl (C=O) groups excluding carboxylic acids is 2. The van der Waals surface area contributed by atoms with Gasteiger partial charge in [0.2, 0.25) is 0 Å². The minimum atomic E-state index is -0.636. The van der Waals surface area contributed by atoms with Crippen molar-refractivity contribution in [2.24, 2.45) is 0 Å². The van der Waals surface area contributed by atoms with E-state index < -0.39 is 11.9 Å². The number of methoxy groups -OCH3 is 1. The number of rotatable bonds is 8. The molecule has 1 N–H and O–H groups in total. The predicted octanol–water partition coefficient (Wildman–Crippen LogP) is 3.38. The van der Waals surface area contributed by atoms with Gasteiger partial charge in [0.1, 0.15) is 0 Å². The van der Waals surface area contributed by atoms with E-state index in [1.165, 1.54) is 7.11 Å². The minimum absolute atomic E-state index is 0.267. The van der Waals surface area contributed by atoms with Crippen molar-refractivity contribution in [1.29, 1.82) is 0 Å². The largest absolute Gasteiger partial charge is 0.493 e. The van der Waals surface area contributed by atoms with E-state index in [4.69, 9.17) is 14.2 Å². The Bertz CT molecular complexity index is 757. The highest BCUT2D eigenvalue weighted by Crippen LogP contribution is 2.25. The monoisotopic (exact) mass is 357 g/mol. The van der Waals surface area contributed by atoms with E-state index in [1.807, 2.05) is 38.1 Å². The lowest BCUT2D eigenvalue weighted by atomic mass is 10.0. The van der Waals surface area contributed by atoms with Crippen LogP contribution in [0, 0.1) is 0 Å². The first-order valence-corrected chi connectivity index (χ1v) is 8.31. The molecule has 6 heteroatoms. The lowest BCUT2D eigenvalue weighted by Gasteiger charge is -2.14. The molecule has 0 aromatic heterocycles. The number of benzene rings is 2. The summed E-state index contributed by atoms with van der Waals surface area (Å²) in [6, 6.07) is 14.5. The van der Waals surface area contributed by atoms with E-state index in [9.17, 15) is 9.59 Å². The number of nitrogens with one attached hydrogen (secondary N) is 1. The summed E-state index contributed by atoms with van der Waals surface area (Å²) in [4.78, 5) is 23.8. The lowest BCUT2D eigenvalue weighted by molar-refractivity contribution is -0.149. The molecule has 0 aliphatic carbocycles. The molecular formula is C20H23NO5. The Hall–Kier alpha value is -3.02. The summed E-state index contributed by atoms with van der Waals surface area (Å²) < 4.78 is 15.4. The Morgan fingerprint density at radius 2 is 1.62 bits per heavy atom. The normalized spacial score (nSPS) is 10.3. The van der Waals surface area contributed by atoms with Gasteiger partial charge < -0.3 is 19.5 Å². The highest BCUT2D eigenvalue weighted by molar-refractivity contribution is 5.93. The molecule has 6 nitrogen and oxygen atoms in total. The number of ether oxygens (including phenoxy) is 3. The van der Waals surface area contributed by atoms with Gasteiger partial charge in [0, 0.05) is 5.69 Å². The SMILES string of the molecule is COc1ccccc1OCC(=O)OCC(=O)Nc1ccccc1C(C)C. The Balaban J connectivity index is 1.81. The van der Waals surface area contributed by atoms with Crippen LogP contribution in [0.4, 0.5) is 5.69 Å². The van der Waals surface area contributed by atoms with Crippen molar-refractivity contribution in [3.05, 3.63) is 54.1 Å². The van der Waals surface area contributed by atoms with E-state index in [1.54, 1.807) is 24.3 Å². The number of hydrogen-bond donors (Lipinski definition) is 1. The van der Waals surface area contributed by atoms with Crippen molar-refractivity contribution in [3.8, 4) is 11.5 Å². The van der Waals surface area contributed by atoms with Crippen molar-refractivity contribution in [2.45, 2.75) is 19.8 Å². The zero-order chi connectivity index (χ0) is 18.9. The third kappa shape index (κ3) is 5.51. The van der Waals surface area contributed by atoms with Crippen LogP contribution in [0.15, 0.2) is 48.5 Å². The molecule has 2 aromatic carbocycles. The summed E-state index contributed by atoms with van der Waals surface area (Å²) in [7, 11) is 1.51. The van der Waals surface area contributed by atoms with Gasteiger partial charge in [-0.3, -0.25) is 4.79 Å². The third-order valence-corrected chi connectivity index (χ3v) is 3.64. The molecular weight excluding hydrogens is 334 g/mol. The standard InChI is InChI=1S/C20H23NO5/c1-14(2)15-8-4-5-9-16(15)21-19(22)12-26-20(23)13-25-18-11-7-6-10-17(18)24-3/h4-11,14H,12-13H2,1-3H3,(H,21,22). The molecule has 0 aliphatic heterocycles. The van der Waals surface area contributed by atoms with Gasteiger partial charge in [0.25, 0.3) is 5.91 Å². The summed E-state index contributed by atoms with van der Waals surface area (Å²) in [6.45, 7) is 3.40. The molecule has 0 radical (unpaired) electrons. The van der Waals surface area contributed by atoms with Crippen molar-refractivity contribution in [3.63, 3.8) is 0 Å². The third-order valence-electron chi connectivity index (χ3n) is 3.64. The second kappa shape index (κ2) is 9.46. The minimum Gasteiger partial charge on any atom is -0.493 e. The molecule has 2 aromatic rings. The van der Waals surface area contributed by atoms with Gasteiger partial charge in [-0.15, -0.1) is 0 Å². The smallest absolute Gasteiger partial charge is 0.344 e.